The van der Waals surface area contributed by atoms with Crippen LogP contribution in [0.3, 0.4) is 0 Å². The Kier molecular flexibility index (Phi) is 3.03. The van der Waals surface area contributed by atoms with Crippen LogP contribution >= 0.6 is 0 Å². The third kappa shape index (κ3) is 1.93. The number of aromatic nitrogens is 1. The number of nitriles is 1. The van der Waals surface area contributed by atoms with Crippen molar-refractivity contribution in [1.29, 1.82) is 5.26 Å². The lowest BCUT2D eigenvalue weighted by Gasteiger charge is -2.10. The van der Waals surface area contributed by atoms with Gasteiger partial charge in [-0.15, -0.1) is 0 Å². The Hall–Kier alpha value is -2.34. The number of benzene rings is 1. The molecule has 1 heterocycles. The molecule has 18 heavy (non-hydrogen) atoms. The molecule has 0 aliphatic rings. The predicted molar refractivity (Wildman–Crippen MR) is 71.0 cm³/mol. The summed E-state index contributed by atoms with van der Waals surface area (Å²) in [6.45, 7) is 5.68. The Labute approximate surface area is 106 Å². The van der Waals surface area contributed by atoms with Crippen molar-refractivity contribution in [3.63, 3.8) is 0 Å². The summed E-state index contributed by atoms with van der Waals surface area (Å²) in [5.74, 6) is 0. The van der Waals surface area contributed by atoms with E-state index in [4.69, 9.17) is 5.26 Å². The van der Waals surface area contributed by atoms with Gasteiger partial charge in [0.25, 0.3) is 5.56 Å². The highest BCUT2D eigenvalue weighted by Crippen LogP contribution is 2.13. The SMILES string of the molecule is Cc1cccc(-n2cc(C)c(C)c(C#N)c2=O)c1. The van der Waals surface area contributed by atoms with E-state index in [1.165, 1.54) is 4.57 Å². The molecule has 0 aliphatic heterocycles. The first-order valence-electron chi connectivity index (χ1n) is 5.74. The largest absolute Gasteiger partial charge is 0.283 e. The van der Waals surface area contributed by atoms with E-state index in [0.29, 0.717) is 0 Å². The molecule has 90 valence electrons. The van der Waals surface area contributed by atoms with Gasteiger partial charge < -0.3 is 0 Å². The molecule has 0 saturated carbocycles. The van der Waals surface area contributed by atoms with Gasteiger partial charge in [-0.25, -0.2) is 0 Å². The third-order valence-electron chi connectivity index (χ3n) is 3.11. The minimum absolute atomic E-state index is 0.219. The van der Waals surface area contributed by atoms with Crippen LogP contribution in [0.2, 0.25) is 0 Å². The fourth-order valence-electron chi connectivity index (χ4n) is 1.93. The third-order valence-corrected chi connectivity index (χ3v) is 3.11. The number of hydrogen-bond donors (Lipinski definition) is 0. The molecule has 3 heteroatoms. The van der Waals surface area contributed by atoms with Gasteiger partial charge in [-0.1, -0.05) is 12.1 Å². The molecule has 2 rings (SSSR count). The summed E-state index contributed by atoms with van der Waals surface area (Å²) in [7, 11) is 0. The highest BCUT2D eigenvalue weighted by atomic mass is 16.1. The summed E-state index contributed by atoms with van der Waals surface area (Å²) in [6, 6.07) is 9.66. The molecule has 1 aromatic heterocycles. The fourth-order valence-corrected chi connectivity index (χ4v) is 1.93. The second kappa shape index (κ2) is 4.50. The van der Waals surface area contributed by atoms with Crippen LogP contribution in [0.25, 0.3) is 5.69 Å². The van der Waals surface area contributed by atoms with Crippen molar-refractivity contribution in [2.24, 2.45) is 0 Å². The first-order valence-corrected chi connectivity index (χ1v) is 5.74. The number of hydrogen-bond acceptors (Lipinski definition) is 2. The van der Waals surface area contributed by atoms with Crippen molar-refractivity contribution in [1.82, 2.24) is 4.57 Å². The quantitative estimate of drug-likeness (QED) is 0.766. The zero-order valence-electron chi connectivity index (χ0n) is 10.7. The Morgan fingerprint density at radius 2 is 1.94 bits per heavy atom. The number of rotatable bonds is 1. The van der Waals surface area contributed by atoms with Gasteiger partial charge in [-0.2, -0.15) is 5.26 Å². The summed E-state index contributed by atoms with van der Waals surface area (Å²) in [4.78, 5) is 12.2. The Bertz CT molecular complexity index is 705. The molecule has 0 amide bonds. The second-order valence-electron chi connectivity index (χ2n) is 4.44. The molecule has 0 saturated heterocycles. The van der Waals surface area contributed by atoms with E-state index < -0.39 is 0 Å². The zero-order valence-corrected chi connectivity index (χ0v) is 10.7. The topological polar surface area (TPSA) is 45.8 Å². The van der Waals surface area contributed by atoms with Crippen molar-refractivity contribution >= 4 is 0 Å². The van der Waals surface area contributed by atoms with E-state index >= 15 is 0 Å². The maximum absolute atomic E-state index is 12.2. The van der Waals surface area contributed by atoms with Crippen molar-refractivity contribution in [2.75, 3.05) is 0 Å². The van der Waals surface area contributed by atoms with Crippen molar-refractivity contribution in [3.8, 4) is 11.8 Å². The van der Waals surface area contributed by atoms with Gasteiger partial charge in [0.2, 0.25) is 0 Å². The molecular formula is C15H14N2O. The Balaban J connectivity index is 2.78. The molecule has 0 spiro atoms. The molecule has 0 radical (unpaired) electrons. The van der Waals surface area contributed by atoms with E-state index in [1.807, 2.05) is 44.2 Å². The van der Waals surface area contributed by atoms with Gasteiger partial charge in [0.05, 0.1) is 0 Å². The maximum Gasteiger partial charge on any atom is 0.273 e. The summed E-state index contributed by atoms with van der Waals surface area (Å²) in [5.41, 5.74) is 3.53. The van der Waals surface area contributed by atoms with Crippen LogP contribution in [-0.4, -0.2) is 4.57 Å². The monoisotopic (exact) mass is 238 g/mol. The number of aryl methyl sites for hydroxylation is 2. The van der Waals surface area contributed by atoms with E-state index in [0.717, 1.165) is 22.4 Å². The Morgan fingerprint density at radius 3 is 2.56 bits per heavy atom. The molecule has 0 N–H and O–H groups in total. The normalized spacial score (nSPS) is 10.1. The molecule has 0 unspecified atom stereocenters. The summed E-state index contributed by atoms with van der Waals surface area (Å²) in [6.07, 6.45) is 1.78. The first kappa shape index (κ1) is 12.1. The van der Waals surface area contributed by atoms with Gasteiger partial charge >= 0.3 is 0 Å². The molecular weight excluding hydrogens is 224 g/mol. The fraction of sp³-hybridized carbons (Fsp3) is 0.200. The predicted octanol–water partition coefficient (Wildman–Crippen LogP) is 2.63. The standard InChI is InChI=1S/C15H14N2O/c1-10-5-4-6-13(7-10)17-9-11(2)12(3)14(8-16)15(17)18/h4-7,9H,1-3H3. The average Bonchev–Trinajstić information content (AvgIpc) is 2.34. The molecule has 0 atom stereocenters. The van der Waals surface area contributed by atoms with E-state index in [2.05, 4.69) is 0 Å². The highest BCUT2D eigenvalue weighted by Gasteiger charge is 2.10. The highest BCUT2D eigenvalue weighted by molar-refractivity contribution is 5.44. The molecule has 1 aromatic carbocycles. The van der Waals surface area contributed by atoms with E-state index in [1.54, 1.807) is 13.1 Å². The van der Waals surface area contributed by atoms with Gasteiger partial charge in [-0.05, 0) is 49.6 Å². The Morgan fingerprint density at radius 1 is 1.22 bits per heavy atom. The maximum atomic E-state index is 12.2. The average molecular weight is 238 g/mol. The smallest absolute Gasteiger partial charge is 0.273 e. The summed E-state index contributed by atoms with van der Waals surface area (Å²) >= 11 is 0. The lowest BCUT2D eigenvalue weighted by Crippen LogP contribution is -2.22. The molecule has 2 aromatic rings. The van der Waals surface area contributed by atoms with Crippen LogP contribution in [0.4, 0.5) is 0 Å². The zero-order chi connectivity index (χ0) is 13.3. The number of nitrogens with zero attached hydrogens (tertiary/aromatic N) is 2. The van der Waals surface area contributed by atoms with Crippen LogP contribution < -0.4 is 5.56 Å². The molecule has 0 bridgehead atoms. The van der Waals surface area contributed by atoms with E-state index in [-0.39, 0.29) is 11.1 Å². The van der Waals surface area contributed by atoms with Gasteiger partial charge in [-0.3, -0.25) is 9.36 Å². The molecule has 0 aliphatic carbocycles. The van der Waals surface area contributed by atoms with Crippen molar-refractivity contribution < 1.29 is 0 Å². The number of pyridine rings is 1. The lowest BCUT2D eigenvalue weighted by atomic mass is 10.1. The summed E-state index contributed by atoms with van der Waals surface area (Å²) < 4.78 is 1.54. The van der Waals surface area contributed by atoms with Gasteiger partial charge in [0, 0.05) is 11.9 Å². The van der Waals surface area contributed by atoms with Crippen LogP contribution in [0.1, 0.15) is 22.3 Å². The first-order chi connectivity index (χ1) is 8.54. The van der Waals surface area contributed by atoms with Crippen LogP contribution in [0.15, 0.2) is 35.3 Å². The van der Waals surface area contributed by atoms with Crippen LogP contribution in [0, 0.1) is 32.1 Å². The lowest BCUT2D eigenvalue weighted by molar-refractivity contribution is 0.954. The van der Waals surface area contributed by atoms with Gasteiger partial charge in [0.15, 0.2) is 0 Å². The molecule has 0 fully saturated rings. The van der Waals surface area contributed by atoms with Gasteiger partial charge in [0.1, 0.15) is 11.6 Å². The molecule has 3 nitrogen and oxygen atoms in total. The van der Waals surface area contributed by atoms with Crippen LogP contribution in [0.5, 0.6) is 0 Å². The summed E-state index contributed by atoms with van der Waals surface area (Å²) in [5, 5.41) is 9.09. The second-order valence-corrected chi connectivity index (χ2v) is 4.44. The van der Waals surface area contributed by atoms with Crippen molar-refractivity contribution in [2.45, 2.75) is 20.8 Å². The van der Waals surface area contributed by atoms with Crippen molar-refractivity contribution in [3.05, 3.63) is 63.1 Å². The van der Waals surface area contributed by atoms with Crippen LogP contribution in [-0.2, 0) is 0 Å². The minimum Gasteiger partial charge on any atom is -0.283 e. The minimum atomic E-state index is -0.258. The van der Waals surface area contributed by atoms with E-state index in [9.17, 15) is 4.79 Å².